The van der Waals surface area contributed by atoms with Crippen LogP contribution in [0.3, 0.4) is 0 Å². The molecule has 0 radical (unpaired) electrons. The number of halogens is 3. The van der Waals surface area contributed by atoms with Gasteiger partial charge in [-0.05, 0) is 25.0 Å². The van der Waals surface area contributed by atoms with Crippen LogP contribution in [-0.2, 0) is 16.1 Å². The first-order valence-corrected chi connectivity index (χ1v) is 8.56. The number of hydrogen-bond donors (Lipinski definition) is 1. The fourth-order valence-electron chi connectivity index (χ4n) is 2.45. The van der Waals surface area contributed by atoms with Crippen molar-refractivity contribution >= 4 is 22.4 Å². The highest BCUT2D eigenvalue weighted by atomic mass is 32.1. The fourth-order valence-corrected chi connectivity index (χ4v) is 3.00. The standard InChI is InChI=1S/C16H15F3N2O4S/c17-9-1-2-12(25-15(18)19)13(5-9)24-11-3-8(4-11)14(22)23-6-10-7-26-16(20)21-10/h1-2,5,7-8,11,15H,3-4,6H2,(H2,20,21)/t8-,11-. The largest absolute Gasteiger partial charge is 0.486 e. The van der Waals surface area contributed by atoms with Crippen molar-refractivity contribution in [2.45, 2.75) is 32.2 Å². The lowest BCUT2D eigenvalue weighted by Crippen LogP contribution is -2.39. The number of rotatable bonds is 7. The van der Waals surface area contributed by atoms with Crippen molar-refractivity contribution in [3.05, 3.63) is 35.1 Å². The maximum Gasteiger partial charge on any atom is 0.387 e. The summed E-state index contributed by atoms with van der Waals surface area (Å²) in [6.45, 7) is -3.02. The van der Waals surface area contributed by atoms with Crippen molar-refractivity contribution in [2.24, 2.45) is 5.92 Å². The molecule has 140 valence electrons. The third-order valence-corrected chi connectivity index (χ3v) is 4.50. The molecule has 1 aliphatic rings. The number of carbonyl (C=O) groups is 1. The molecule has 0 bridgehead atoms. The Morgan fingerprint density at radius 1 is 1.35 bits per heavy atom. The van der Waals surface area contributed by atoms with Crippen molar-refractivity contribution < 1.29 is 32.2 Å². The predicted molar refractivity (Wildman–Crippen MR) is 86.5 cm³/mol. The number of nitrogens with two attached hydrogens (primary N) is 1. The lowest BCUT2D eigenvalue weighted by molar-refractivity contribution is -0.156. The normalized spacial score (nSPS) is 19.1. The highest BCUT2D eigenvalue weighted by Crippen LogP contribution is 2.37. The molecular weight excluding hydrogens is 373 g/mol. The van der Waals surface area contributed by atoms with Crippen LogP contribution in [-0.4, -0.2) is 23.7 Å². The Kier molecular flexibility index (Phi) is 5.50. The number of anilines is 1. The first-order valence-electron chi connectivity index (χ1n) is 7.68. The lowest BCUT2D eigenvalue weighted by Gasteiger charge is -2.33. The fraction of sp³-hybridized carbons (Fsp3) is 0.375. The van der Waals surface area contributed by atoms with E-state index in [9.17, 15) is 18.0 Å². The third kappa shape index (κ3) is 4.57. The molecule has 0 aliphatic heterocycles. The van der Waals surface area contributed by atoms with Crippen molar-refractivity contribution in [3.63, 3.8) is 0 Å². The summed E-state index contributed by atoms with van der Waals surface area (Å²) in [6, 6.07) is 3.04. The molecule has 26 heavy (non-hydrogen) atoms. The van der Waals surface area contributed by atoms with Crippen LogP contribution in [0.25, 0.3) is 0 Å². The molecule has 1 saturated carbocycles. The smallest absolute Gasteiger partial charge is 0.387 e. The van der Waals surface area contributed by atoms with Crippen LogP contribution in [0.15, 0.2) is 23.6 Å². The van der Waals surface area contributed by atoms with Crippen LogP contribution in [0.2, 0.25) is 0 Å². The molecule has 0 spiro atoms. The number of nitrogen functional groups attached to an aromatic ring is 1. The van der Waals surface area contributed by atoms with E-state index >= 15 is 0 Å². The van der Waals surface area contributed by atoms with Gasteiger partial charge in [-0.15, -0.1) is 11.3 Å². The van der Waals surface area contributed by atoms with Gasteiger partial charge in [-0.25, -0.2) is 9.37 Å². The van der Waals surface area contributed by atoms with Gasteiger partial charge in [0.1, 0.15) is 18.5 Å². The van der Waals surface area contributed by atoms with Crippen molar-refractivity contribution in [3.8, 4) is 11.5 Å². The van der Waals surface area contributed by atoms with E-state index < -0.39 is 24.5 Å². The van der Waals surface area contributed by atoms with Crippen LogP contribution >= 0.6 is 11.3 Å². The molecule has 1 aliphatic carbocycles. The van der Waals surface area contributed by atoms with E-state index in [1.807, 2.05) is 0 Å². The Morgan fingerprint density at radius 3 is 2.77 bits per heavy atom. The minimum absolute atomic E-state index is 0.0326. The molecule has 6 nitrogen and oxygen atoms in total. The highest BCUT2D eigenvalue weighted by molar-refractivity contribution is 7.13. The number of alkyl halides is 2. The Hall–Kier alpha value is -2.49. The Bertz CT molecular complexity index is 781. The van der Waals surface area contributed by atoms with Gasteiger partial charge >= 0.3 is 12.6 Å². The molecule has 2 N–H and O–H groups in total. The van der Waals surface area contributed by atoms with Gasteiger partial charge in [0.25, 0.3) is 0 Å². The highest BCUT2D eigenvalue weighted by Gasteiger charge is 2.38. The minimum atomic E-state index is -3.05. The summed E-state index contributed by atoms with van der Waals surface area (Å²) in [7, 11) is 0. The van der Waals surface area contributed by atoms with Crippen molar-refractivity contribution in [1.29, 1.82) is 0 Å². The van der Waals surface area contributed by atoms with E-state index in [1.165, 1.54) is 11.3 Å². The van der Waals surface area contributed by atoms with E-state index in [4.69, 9.17) is 15.2 Å². The van der Waals surface area contributed by atoms with Crippen molar-refractivity contribution in [2.75, 3.05) is 5.73 Å². The second-order valence-corrected chi connectivity index (χ2v) is 6.55. The molecule has 3 rings (SSSR count). The zero-order chi connectivity index (χ0) is 18.7. The maximum absolute atomic E-state index is 13.3. The molecule has 2 aromatic rings. The number of ether oxygens (including phenoxy) is 3. The molecule has 0 amide bonds. The minimum Gasteiger partial charge on any atom is -0.486 e. The van der Waals surface area contributed by atoms with Gasteiger partial charge in [0.15, 0.2) is 16.6 Å². The second kappa shape index (κ2) is 7.81. The first kappa shape index (κ1) is 18.3. The summed E-state index contributed by atoms with van der Waals surface area (Å²) in [6.07, 6.45) is 0.259. The Labute approximate surface area is 150 Å². The number of thiazole rings is 1. The number of hydrogen-bond acceptors (Lipinski definition) is 7. The summed E-state index contributed by atoms with van der Waals surface area (Å²) < 4.78 is 53.0. The number of esters is 1. The molecule has 1 heterocycles. The van der Waals surface area contributed by atoms with Crippen LogP contribution < -0.4 is 15.2 Å². The summed E-state index contributed by atoms with van der Waals surface area (Å²) >= 11 is 1.25. The van der Waals surface area contributed by atoms with Gasteiger partial charge in [0.2, 0.25) is 0 Å². The van der Waals surface area contributed by atoms with Gasteiger partial charge in [0.05, 0.1) is 11.6 Å². The molecule has 1 aromatic heterocycles. The van der Waals surface area contributed by atoms with Gasteiger partial charge in [0, 0.05) is 11.4 Å². The van der Waals surface area contributed by atoms with Gasteiger partial charge in [-0.3, -0.25) is 4.79 Å². The average molecular weight is 388 g/mol. The molecule has 0 unspecified atom stereocenters. The monoisotopic (exact) mass is 388 g/mol. The Balaban J connectivity index is 1.49. The second-order valence-electron chi connectivity index (χ2n) is 5.66. The van der Waals surface area contributed by atoms with E-state index in [1.54, 1.807) is 5.38 Å². The van der Waals surface area contributed by atoms with E-state index in [-0.39, 0.29) is 24.0 Å². The van der Waals surface area contributed by atoms with Crippen LogP contribution in [0.5, 0.6) is 11.5 Å². The number of benzene rings is 1. The average Bonchev–Trinajstić information content (AvgIpc) is 2.95. The van der Waals surface area contributed by atoms with E-state index in [0.29, 0.717) is 23.7 Å². The summed E-state index contributed by atoms with van der Waals surface area (Å²) in [5.41, 5.74) is 6.06. The van der Waals surface area contributed by atoms with E-state index in [2.05, 4.69) is 9.72 Å². The van der Waals surface area contributed by atoms with Crippen molar-refractivity contribution in [1.82, 2.24) is 4.98 Å². The van der Waals surface area contributed by atoms with Crippen LogP contribution in [0.1, 0.15) is 18.5 Å². The Morgan fingerprint density at radius 2 is 2.12 bits per heavy atom. The number of nitrogens with zero attached hydrogens (tertiary/aromatic N) is 1. The van der Waals surface area contributed by atoms with Crippen LogP contribution in [0, 0.1) is 11.7 Å². The van der Waals surface area contributed by atoms with Gasteiger partial charge in [-0.1, -0.05) is 0 Å². The molecule has 1 aromatic carbocycles. The van der Waals surface area contributed by atoms with Gasteiger partial charge < -0.3 is 19.9 Å². The number of aromatic nitrogens is 1. The maximum atomic E-state index is 13.3. The predicted octanol–water partition coefficient (Wildman–Crippen LogP) is 3.37. The first-order chi connectivity index (χ1) is 12.4. The molecular formula is C16H15F3N2O4S. The molecule has 0 atom stereocenters. The number of carbonyl (C=O) groups excluding carboxylic acids is 1. The molecule has 1 fully saturated rings. The van der Waals surface area contributed by atoms with Gasteiger partial charge in [-0.2, -0.15) is 8.78 Å². The summed E-state index contributed by atoms with van der Waals surface area (Å²) in [4.78, 5) is 15.9. The van der Waals surface area contributed by atoms with Crippen LogP contribution in [0.4, 0.5) is 18.3 Å². The zero-order valence-electron chi connectivity index (χ0n) is 13.4. The SMILES string of the molecule is Nc1nc(COC(=O)[C@H]2C[C@H](Oc3cc(F)ccc3OC(F)F)C2)cs1. The lowest BCUT2D eigenvalue weighted by atomic mass is 9.82. The third-order valence-electron chi connectivity index (χ3n) is 3.78. The molecule has 10 heteroatoms. The molecule has 0 saturated heterocycles. The summed E-state index contributed by atoms with van der Waals surface area (Å²) in [5.74, 6) is -1.79. The summed E-state index contributed by atoms with van der Waals surface area (Å²) in [5, 5.41) is 2.09. The zero-order valence-corrected chi connectivity index (χ0v) is 14.2. The van der Waals surface area contributed by atoms with E-state index in [0.717, 1.165) is 18.2 Å². The quantitative estimate of drug-likeness (QED) is 0.733. The topological polar surface area (TPSA) is 83.7 Å².